The molecule has 1 aliphatic heterocycles. The molecule has 1 N–H and O–H groups in total. The minimum atomic E-state index is -0.461. The summed E-state index contributed by atoms with van der Waals surface area (Å²) in [6, 6.07) is -0.461. The molecule has 0 saturated carbocycles. The Balaban J connectivity index is 2.72. The van der Waals surface area contributed by atoms with Gasteiger partial charge in [-0.25, -0.2) is 0 Å². The van der Waals surface area contributed by atoms with Crippen LogP contribution in [0.1, 0.15) is 6.92 Å². The van der Waals surface area contributed by atoms with Crippen molar-refractivity contribution in [2.24, 2.45) is 0 Å². The quantitative estimate of drug-likeness (QED) is 0.690. The maximum Gasteiger partial charge on any atom is 0.242 e. The summed E-state index contributed by atoms with van der Waals surface area (Å²) in [4.78, 5) is 23.9. The summed E-state index contributed by atoms with van der Waals surface area (Å²) < 4.78 is 0. The average Bonchev–Trinajstić information content (AvgIpc) is 2.05. The third-order valence-corrected chi connectivity index (χ3v) is 2.04. The minimum Gasteiger partial charge on any atom is -0.345 e. The van der Waals surface area contributed by atoms with Crippen molar-refractivity contribution >= 4 is 23.4 Å². The standard InChI is InChI=1S/C8H11ClN2O2/c1-5(9)4-11-6(2)8(13)10-3-7(11)12/h6H,1,3-4H2,2H3,(H,10,13). The van der Waals surface area contributed by atoms with Crippen molar-refractivity contribution in [2.75, 3.05) is 13.1 Å². The molecular weight excluding hydrogens is 192 g/mol. The Morgan fingerprint density at radius 3 is 2.92 bits per heavy atom. The van der Waals surface area contributed by atoms with E-state index < -0.39 is 6.04 Å². The molecule has 1 saturated heterocycles. The molecule has 72 valence electrons. The van der Waals surface area contributed by atoms with Gasteiger partial charge in [-0.15, -0.1) is 0 Å². The molecule has 0 aliphatic carbocycles. The predicted octanol–water partition coefficient (Wildman–Crippen LogP) is 0.0858. The second-order valence-corrected chi connectivity index (χ2v) is 3.47. The minimum absolute atomic E-state index is 0.0490. The van der Waals surface area contributed by atoms with Crippen molar-refractivity contribution in [3.63, 3.8) is 0 Å². The molecule has 1 fully saturated rings. The smallest absolute Gasteiger partial charge is 0.242 e. The third kappa shape index (κ3) is 2.21. The number of nitrogens with zero attached hydrogens (tertiary/aromatic N) is 1. The first-order valence-corrected chi connectivity index (χ1v) is 4.30. The topological polar surface area (TPSA) is 49.4 Å². The molecule has 1 aliphatic rings. The monoisotopic (exact) mass is 202 g/mol. The Hall–Kier alpha value is -1.03. The maximum atomic E-state index is 11.3. The summed E-state index contributed by atoms with van der Waals surface area (Å²) >= 11 is 5.57. The molecule has 1 unspecified atom stereocenters. The van der Waals surface area contributed by atoms with Crippen LogP contribution in [0.4, 0.5) is 0 Å². The molecule has 1 rings (SSSR count). The van der Waals surface area contributed by atoms with Crippen LogP contribution in [-0.2, 0) is 9.59 Å². The lowest BCUT2D eigenvalue weighted by atomic mass is 10.2. The predicted molar refractivity (Wildman–Crippen MR) is 49.2 cm³/mol. The molecule has 1 atom stereocenters. The highest BCUT2D eigenvalue weighted by atomic mass is 35.5. The number of carbonyl (C=O) groups excluding carboxylic acids is 2. The van der Waals surface area contributed by atoms with Crippen molar-refractivity contribution in [1.82, 2.24) is 10.2 Å². The molecule has 0 aromatic heterocycles. The van der Waals surface area contributed by atoms with E-state index in [4.69, 9.17) is 11.6 Å². The number of amides is 2. The summed E-state index contributed by atoms with van der Waals surface area (Å²) in [5.41, 5.74) is 0. The van der Waals surface area contributed by atoms with Crippen molar-refractivity contribution in [2.45, 2.75) is 13.0 Å². The van der Waals surface area contributed by atoms with Gasteiger partial charge in [0.2, 0.25) is 11.8 Å². The zero-order chi connectivity index (χ0) is 10.0. The number of piperazine rings is 1. The van der Waals surface area contributed by atoms with Gasteiger partial charge in [0.1, 0.15) is 6.04 Å². The molecule has 2 amide bonds. The van der Waals surface area contributed by atoms with E-state index in [2.05, 4.69) is 11.9 Å². The lowest BCUT2D eigenvalue weighted by Crippen LogP contribution is -2.57. The van der Waals surface area contributed by atoms with Gasteiger partial charge in [0.25, 0.3) is 0 Å². The van der Waals surface area contributed by atoms with Crippen LogP contribution in [0.2, 0.25) is 0 Å². The Labute approximate surface area is 81.5 Å². The van der Waals surface area contributed by atoms with Gasteiger partial charge in [0.15, 0.2) is 0 Å². The zero-order valence-corrected chi connectivity index (χ0v) is 8.10. The highest BCUT2D eigenvalue weighted by Gasteiger charge is 2.30. The molecule has 13 heavy (non-hydrogen) atoms. The van der Waals surface area contributed by atoms with Gasteiger partial charge in [0.05, 0.1) is 13.1 Å². The summed E-state index contributed by atoms with van der Waals surface area (Å²) in [5.74, 6) is -0.286. The first-order valence-electron chi connectivity index (χ1n) is 3.93. The van der Waals surface area contributed by atoms with E-state index in [1.165, 1.54) is 4.90 Å². The van der Waals surface area contributed by atoms with Crippen LogP contribution in [-0.4, -0.2) is 35.8 Å². The molecule has 5 heteroatoms. The van der Waals surface area contributed by atoms with E-state index in [-0.39, 0.29) is 24.9 Å². The Bertz CT molecular complexity index is 265. The number of hydrogen-bond donors (Lipinski definition) is 1. The second-order valence-electron chi connectivity index (χ2n) is 2.93. The largest absolute Gasteiger partial charge is 0.345 e. The Morgan fingerprint density at radius 2 is 2.38 bits per heavy atom. The average molecular weight is 203 g/mol. The van der Waals surface area contributed by atoms with Crippen LogP contribution < -0.4 is 5.32 Å². The van der Waals surface area contributed by atoms with Crippen molar-refractivity contribution in [3.05, 3.63) is 11.6 Å². The van der Waals surface area contributed by atoms with Crippen LogP contribution in [0.5, 0.6) is 0 Å². The summed E-state index contributed by atoms with van der Waals surface area (Å²) in [6.07, 6.45) is 0. The van der Waals surface area contributed by atoms with Crippen LogP contribution in [0.25, 0.3) is 0 Å². The summed E-state index contributed by atoms with van der Waals surface area (Å²) in [5, 5.41) is 2.84. The Morgan fingerprint density at radius 1 is 1.77 bits per heavy atom. The summed E-state index contributed by atoms with van der Waals surface area (Å²) in [6.45, 7) is 5.42. The molecular formula is C8H11ClN2O2. The van der Waals surface area contributed by atoms with E-state index in [0.29, 0.717) is 5.03 Å². The van der Waals surface area contributed by atoms with Crippen molar-refractivity contribution in [1.29, 1.82) is 0 Å². The Kier molecular flexibility index (Phi) is 2.93. The van der Waals surface area contributed by atoms with Crippen molar-refractivity contribution in [3.8, 4) is 0 Å². The highest BCUT2D eigenvalue weighted by molar-refractivity contribution is 6.29. The van der Waals surface area contributed by atoms with Crippen LogP contribution in [0, 0.1) is 0 Å². The number of halogens is 1. The molecule has 0 bridgehead atoms. The first-order chi connectivity index (χ1) is 6.02. The van der Waals surface area contributed by atoms with Gasteiger partial charge in [0, 0.05) is 5.03 Å². The highest BCUT2D eigenvalue weighted by Crippen LogP contribution is 2.09. The van der Waals surface area contributed by atoms with Crippen LogP contribution in [0.3, 0.4) is 0 Å². The van der Waals surface area contributed by atoms with Gasteiger partial charge >= 0.3 is 0 Å². The van der Waals surface area contributed by atoms with E-state index in [9.17, 15) is 9.59 Å². The lowest BCUT2D eigenvalue weighted by molar-refractivity contribution is -0.144. The molecule has 4 nitrogen and oxygen atoms in total. The number of rotatable bonds is 2. The van der Waals surface area contributed by atoms with Gasteiger partial charge in [-0.2, -0.15) is 0 Å². The molecule has 0 radical (unpaired) electrons. The number of carbonyl (C=O) groups is 2. The van der Waals surface area contributed by atoms with E-state index in [0.717, 1.165) is 0 Å². The fourth-order valence-electron chi connectivity index (χ4n) is 1.18. The van der Waals surface area contributed by atoms with Gasteiger partial charge < -0.3 is 10.2 Å². The second kappa shape index (κ2) is 3.79. The van der Waals surface area contributed by atoms with Gasteiger partial charge in [-0.3, -0.25) is 9.59 Å². The molecule has 0 aromatic rings. The fraction of sp³-hybridized carbons (Fsp3) is 0.500. The fourth-order valence-corrected chi connectivity index (χ4v) is 1.31. The van der Waals surface area contributed by atoms with E-state index >= 15 is 0 Å². The SMILES string of the molecule is C=C(Cl)CN1C(=O)CNC(=O)C1C. The molecule has 1 heterocycles. The zero-order valence-electron chi connectivity index (χ0n) is 7.34. The number of hydrogen-bond acceptors (Lipinski definition) is 2. The van der Waals surface area contributed by atoms with Gasteiger partial charge in [-0.05, 0) is 6.92 Å². The lowest BCUT2D eigenvalue weighted by Gasteiger charge is -2.32. The number of nitrogens with one attached hydrogen (secondary N) is 1. The van der Waals surface area contributed by atoms with Gasteiger partial charge in [-0.1, -0.05) is 18.2 Å². The molecule has 0 aromatic carbocycles. The van der Waals surface area contributed by atoms with Crippen molar-refractivity contribution < 1.29 is 9.59 Å². The van der Waals surface area contributed by atoms with E-state index in [1.807, 2.05) is 0 Å². The first kappa shape index (κ1) is 10.1. The van der Waals surface area contributed by atoms with E-state index in [1.54, 1.807) is 6.92 Å². The maximum absolute atomic E-state index is 11.3. The third-order valence-electron chi connectivity index (χ3n) is 1.92. The van der Waals surface area contributed by atoms with Crippen LogP contribution >= 0.6 is 11.6 Å². The molecule has 0 spiro atoms. The summed E-state index contributed by atoms with van der Waals surface area (Å²) in [7, 11) is 0. The van der Waals surface area contributed by atoms with Crippen LogP contribution in [0.15, 0.2) is 11.6 Å². The normalized spacial score (nSPS) is 22.9.